The highest BCUT2D eigenvalue weighted by atomic mass is 19.4. The van der Waals surface area contributed by atoms with Gasteiger partial charge in [-0.3, -0.25) is 4.79 Å². The van der Waals surface area contributed by atoms with Crippen LogP contribution in [0.2, 0.25) is 0 Å². The van der Waals surface area contributed by atoms with Gasteiger partial charge in [0.25, 0.3) is 5.91 Å². The molecule has 0 fully saturated rings. The molecule has 0 aliphatic heterocycles. The van der Waals surface area contributed by atoms with Crippen molar-refractivity contribution in [3.8, 4) is 11.5 Å². The van der Waals surface area contributed by atoms with Gasteiger partial charge < -0.3 is 14.7 Å². The van der Waals surface area contributed by atoms with Crippen LogP contribution in [0.5, 0.6) is 11.5 Å². The number of para-hydroxylation sites is 1. The van der Waals surface area contributed by atoms with E-state index in [1.807, 2.05) is 25.1 Å². The Bertz CT molecular complexity index is 1090. The average Bonchev–Trinajstić information content (AvgIpc) is 2.74. The number of halogens is 3. The van der Waals surface area contributed by atoms with Crippen molar-refractivity contribution < 1.29 is 32.6 Å². The molecule has 0 unspecified atom stereocenters. The highest BCUT2D eigenvalue weighted by Gasteiger charge is 2.33. The summed E-state index contributed by atoms with van der Waals surface area (Å²) in [5.74, 6) is -0.863. The Labute approximate surface area is 182 Å². The lowest BCUT2D eigenvalue weighted by Crippen LogP contribution is -2.38. The molecule has 0 aromatic heterocycles. The summed E-state index contributed by atoms with van der Waals surface area (Å²) in [5.41, 5.74) is 1.38. The lowest BCUT2D eigenvalue weighted by molar-refractivity contribution is -0.141. The zero-order valence-corrected chi connectivity index (χ0v) is 17.1. The molecule has 5 nitrogen and oxygen atoms in total. The van der Waals surface area contributed by atoms with E-state index in [0.29, 0.717) is 22.0 Å². The normalized spacial score (nSPS) is 11.1. The van der Waals surface area contributed by atoms with Gasteiger partial charge >= 0.3 is 12.1 Å². The minimum atomic E-state index is -4.59. The minimum Gasteiger partial charge on any atom is -0.478 e. The van der Waals surface area contributed by atoms with E-state index in [-0.39, 0.29) is 17.7 Å². The van der Waals surface area contributed by atoms with Gasteiger partial charge in [0.2, 0.25) is 0 Å². The van der Waals surface area contributed by atoms with Crippen LogP contribution < -0.4 is 4.74 Å². The number of hydrogen-bond acceptors (Lipinski definition) is 3. The third-order valence-corrected chi connectivity index (χ3v) is 4.65. The summed E-state index contributed by atoms with van der Waals surface area (Å²) in [6.07, 6.45) is -4.59. The third-order valence-electron chi connectivity index (χ3n) is 4.65. The summed E-state index contributed by atoms with van der Waals surface area (Å²) in [4.78, 5) is 24.4. The van der Waals surface area contributed by atoms with Gasteiger partial charge in [0.05, 0.1) is 5.56 Å². The first-order valence-electron chi connectivity index (χ1n) is 9.64. The van der Waals surface area contributed by atoms with Crippen molar-refractivity contribution in [2.24, 2.45) is 0 Å². The van der Waals surface area contributed by atoms with Crippen molar-refractivity contribution in [2.45, 2.75) is 19.6 Å². The smallest absolute Gasteiger partial charge is 0.406 e. The summed E-state index contributed by atoms with van der Waals surface area (Å²) < 4.78 is 45.1. The summed E-state index contributed by atoms with van der Waals surface area (Å²) in [6.45, 7) is 0.124. The second kappa shape index (κ2) is 9.55. The van der Waals surface area contributed by atoms with Crippen molar-refractivity contribution in [1.29, 1.82) is 0 Å². The number of aryl methyl sites for hydroxylation is 1. The number of amides is 1. The largest absolute Gasteiger partial charge is 0.478 e. The van der Waals surface area contributed by atoms with Crippen molar-refractivity contribution in [2.75, 3.05) is 6.54 Å². The van der Waals surface area contributed by atoms with Crippen molar-refractivity contribution in [1.82, 2.24) is 4.90 Å². The van der Waals surface area contributed by atoms with Crippen molar-refractivity contribution in [3.05, 3.63) is 95.1 Å². The standard InChI is InChI=1S/C24H20F3NO4/c1-16-4-2-3-5-21(16)32-20-12-10-18(11-13-20)22(29)28(15-24(25,26)27)14-17-6-8-19(9-7-17)23(30)31/h2-13H,14-15H2,1H3,(H,30,31). The lowest BCUT2D eigenvalue weighted by atomic mass is 10.1. The Balaban J connectivity index is 1.78. The fourth-order valence-electron chi connectivity index (χ4n) is 3.04. The zero-order chi connectivity index (χ0) is 23.3. The molecule has 0 heterocycles. The van der Waals surface area contributed by atoms with E-state index >= 15 is 0 Å². The Morgan fingerprint density at radius 2 is 1.50 bits per heavy atom. The molecule has 0 radical (unpaired) electrons. The second-order valence-corrected chi connectivity index (χ2v) is 7.17. The number of carboxylic acids is 1. The maximum atomic E-state index is 13.1. The maximum absolute atomic E-state index is 13.1. The van der Waals surface area contributed by atoms with Gasteiger partial charge in [0, 0.05) is 12.1 Å². The van der Waals surface area contributed by atoms with Gasteiger partial charge in [-0.05, 0) is 60.5 Å². The van der Waals surface area contributed by atoms with Crippen LogP contribution in [-0.2, 0) is 6.54 Å². The number of rotatable bonds is 7. The number of carboxylic acid groups (broad SMARTS) is 1. The first kappa shape index (κ1) is 22.9. The van der Waals surface area contributed by atoms with E-state index in [0.717, 1.165) is 5.56 Å². The topological polar surface area (TPSA) is 66.8 Å². The molecule has 32 heavy (non-hydrogen) atoms. The van der Waals surface area contributed by atoms with Crippen LogP contribution in [0.3, 0.4) is 0 Å². The Morgan fingerprint density at radius 1 is 0.906 bits per heavy atom. The van der Waals surface area contributed by atoms with Gasteiger partial charge in [0.15, 0.2) is 0 Å². The first-order chi connectivity index (χ1) is 15.1. The molecule has 0 aliphatic rings. The highest BCUT2D eigenvalue weighted by molar-refractivity contribution is 5.94. The molecule has 0 saturated heterocycles. The van der Waals surface area contributed by atoms with E-state index in [1.165, 1.54) is 48.5 Å². The van der Waals surface area contributed by atoms with Gasteiger partial charge in [-0.15, -0.1) is 0 Å². The van der Waals surface area contributed by atoms with Gasteiger partial charge in [0.1, 0.15) is 18.0 Å². The predicted octanol–water partition coefficient (Wildman–Crippen LogP) is 5.69. The summed E-state index contributed by atoms with van der Waals surface area (Å²) >= 11 is 0. The molecule has 3 aromatic carbocycles. The predicted molar refractivity (Wildman–Crippen MR) is 112 cm³/mol. The molecular formula is C24H20F3NO4. The third kappa shape index (κ3) is 6.10. The SMILES string of the molecule is Cc1ccccc1Oc1ccc(C(=O)N(Cc2ccc(C(=O)O)cc2)CC(F)(F)F)cc1. The fraction of sp³-hybridized carbons (Fsp3) is 0.167. The number of ether oxygens (including phenoxy) is 1. The van der Waals surface area contributed by atoms with Crippen LogP contribution in [0.15, 0.2) is 72.8 Å². The molecular weight excluding hydrogens is 423 g/mol. The van der Waals surface area contributed by atoms with Gasteiger partial charge in [-0.1, -0.05) is 30.3 Å². The molecule has 1 N–H and O–H groups in total. The fourth-order valence-corrected chi connectivity index (χ4v) is 3.04. The van der Waals surface area contributed by atoms with Gasteiger partial charge in [-0.25, -0.2) is 4.79 Å². The Kier molecular flexibility index (Phi) is 6.82. The molecule has 0 bridgehead atoms. The first-order valence-corrected chi connectivity index (χ1v) is 9.64. The molecule has 0 spiro atoms. The lowest BCUT2D eigenvalue weighted by Gasteiger charge is -2.24. The Morgan fingerprint density at radius 3 is 2.06 bits per heavy atom. The highest BCUT2D eigenvalue weighted by Crippen LogP contribution is 2.26. The molecule has 1 amide bonds. The van der Waals surface area contributed by atoms with Crippen molar-refractivity contribution >= 4 is 11.9 Å². The minimum absolute atomic E-state index is 0.00619. The van der Waals surface area contributed by atoms with Crippen molar-refractivity contribution in [3.63, 3.8) is 0 Å². The monoisotopic (exact) mass is 443 g/mol. The van der Waals surface area contributed by atoms with Crippen LogP contribution in [0.4, 0.5) is 13.2 Å². The summed E-state index contributed by atoms with van der Waals surface area (Å²) in [7, 11) is 0. The van der Waals surface area contributed by atoms with Crippen LogP contribution in [0.25, 0.3) is 0 Å². The van der Waals surface area contributed by atoms with Crippen LogP contribution in [0.1, 0.15) is 31.8 Å². The van der Waals surface area contributed by atoms with E-state index < -0.39 is 24.6 Å². The Hall–Kier alpha value is -3.81. The second-order valence-electron chi connectivity index (χ2n) is 7.17. The molecule has 0 saturated carbocycles. The van der Waals surface area contributed by atoms with E-state index in [1.54, 1.807) is 6.07 Å². The number of alkyl halides is 3. The summed E-state index contributed by atoms with van der Waals surface area (Å²) in [6, 6.07) is 18.6. The number of hydrogen-bond donors (Lipinski definition) is 1. The number of aromatic carboxylic acids is 1. The molecule has 3 aromatic rings. The quantitative estimate of drug-likeness (QED) is 0.510. The average molecular weight is 443 g/mol. The van der Waals surface area contributed by atoms with Gasteiger partial charge in [-0.2, -0.15) is 13.2 Å². The summed E-state index contributed by atoms with van der Waals surface area (Å²) in [5, 5.41) is 8.95. The number of benzene rings is 3. The molecule has 166 valence electrons. The van der Waals surface area contributed by atoms with Crippen LogP contribution in [0, 0.1) is 6.92 Å². The molecule has 3 rings (SSSR count). The molecule has 0 atom stereocenters. The van der Waals surface area contributed by atoms with Crippen LogP contribution >= 0.6 is 0 Å². The maximum Gasteiger partial charge on any atom is 0.406 e. The molecule has 0 aliphatic carbocycles. The molecule has 8 heteroatoms. The number of carbonyl (C=O) groups is 2. The van der Waals surface area contributed by atoms with E-state index in [9.17, 15) is 22.8 Å². The zero-order valence-electron chi connectivity index (χ0n) is 17.1. The number of carbonyl (C=O) groups excluding carboxylic acids is 1. The number of nitrogens with zero attached hydrogens (tertiary/aromatic N) is 1. The van der Waals surface area contributed by atoms with E-state index in [2.05, 4.69) is 0 Å². The van der Waals surface area contributed by atoms with Crippen LogP contribution in [-0.4, -0.2) is 34.6 Å². The van der Waals surface area contributed by atoms with E-state index in [4.69, 9.17) is 9.84 Å².